The van der Waals surface area contributed by atoms with Gasteiger partial charge in [-0.05, 0) is 75.1 Å². The molecule has 0 aliphatic carbocycles. The minimum atomic E-state index is -0.961. The van der Waals surface area contributed by atoms with Crippen LogP contribution in [0.1, 0.15) is 18.4 Å². The van der Waals surface area contributed by atoms with Gasteiger partial charge in [0.15, 0.2) is 5.75 Å². The number of piperazine rings is 1. The Balaban J connectivity index is 1.28. The number of nitrogens with one attached hydrogen (secondary N) is 1. The van der Waals surface area contributed by atoms with Gasteiger partial charge in [0.25, 0.3) is 0 Å². The van der Waals surface area contributed by atoms with Crippen molar-refractivity contribution in [2.24, 2.45) is 5.92 Å². The summed E-state index contributed by atoms with van der Waals surface area (Å²) in [5.74, 6) is 2.04. The number of carbonyl (C=O) groups is 1. The number of benzene rings is 1. The molecular weight excluding hydrogens is 565 g/mol. The Labute approximate surface area is 250 Å². The number of piperidine rings is 1. The number of amides is 1. The SMILES string of the molecule is CN1CCN(c2ncc(Oc3cc(CCN4CCC(CNC(=O)O)CC4)cc(-c4cc(Cl)cc(Cl)c4)n3)cn2)CC1. The Morgan fingerprint density at radius 3 is 2.34 bits per heavy atom. The molecule has 0 radical (unpaired) electrons. The summed E-state index contributed by atoms with van der Waals surface area (Å²) in [5.41, 5.74) is 2.60. The van der Waals surface area contributed by atoms with E-state index in [2.05, 4.69) is 37.0 Å². The second-order valence-corrected chi connectivity index (χ2v) is 11.6. The molecule has 0 unspecified atom stereocenters. The summed E-state index contributed by atoms with van der Waals surface area (Å²) in [5, 5.41) is 12.5. The summed E-state index contributed by atoms with van der Waals surface area (Å²) in [6.07, 6.45) is 5.17. The van der Waals surface area contributed by atoms with Gasteiger partial charge >= 0.3 is 6.09 Å². The molecule has 1 amide bonds. The van der Waals surface area contributed by atoms with Crippen LogP contribution in [0.4, 0.5) is 10.7 Å². The monoisotopic (exact) mass is 599 g/mol. The second-order valence-electron chi connectivity index (χ2n) is 10.7. The normalized spacial score (nSPS) is 17.0. The molecular formula is C29H35Cl2N7O3. The van der Waals surface area contributed by atoms with Crippen LogP contribution in [-0.4, -0.2) is 95.4 Å². The lowest BCUT2D eigenvalue weighted by Gasteiger charge is -2.32. The summed E-state index contributed by atoms with van der Waals surface area (Å²) < 4.78 is 6.16. The van der Waals surface area contributed by atoms with E-state index in [0.717, 1.165) is 81.9 Å². The van der Waals surface area contributed by atoms with E-state index in [1.165, 1.54) is 0 Å². The van der Waals surface area contributed by atoms with Crippen molar-refractivity contribution in [1.29, 1.82) is 0 Å². The molecule has 218 valence electrons. The molecule has 2 saturated heterocycles. The van der Waals surface area contributed by atoms with Gasteiger partial charge in [0, 0.05) is 60.9 Å². The topological polar surface area (TPSA) is 107 Å². The molecule has 5 rings (SSSR count). The van der Waals surface area contributed by atoms with Gasteiger partial charge in [0.05, 0.1) is 18.1 Å². The highest BCUT2D eigenvalue weighted by Crippen LogP contribution is 2.30. The lowest BCUT2D eigenvalue weighted by Crippen LogP contribution is -2.45. The molecule has 2 aromatic heterocycles. The molecule has 3 aromatic rings. The van der Waals surface area contributed by atoms with Crippen LogP contribution in [0.15, 0.2) is 42.7 Å². The molecule has 1 aromatic carbocycles. The third-order valence-corrected chi connectivity index (χ3v) is 8.05. The van der Waals surface area contributed by atoms with Gasteiger partial charge in [0.1, 0.15) is 0 Å². The van der Waals surface area contributed by atoms with E-state index >= 15 is 0 Å². The Kier molecular flexibility index (Phi) is 9.76. The van der Waals surface area contributed by atoms with Crippen LogP contribution >= 0.6 is 23.2 Å². The third kappa shape index (κ3) is 8.42. The first kappa shape index (κ1) is 29.3. The number of rotatable bonds is 9. The molecule has 0 spiro atoms. The number of aromatic nitrogens is 3. The van der Waals surface area contributed by atoms with Crippen LogP contribution in [0.5, 0.6) is 11.6 Å². The Morgan fingerprint density at radius 1 is 1.00 bits per heavy atom. The van der Waals surface area contributed by atoms with Gasteiger partial charge in [-0.15, -0.1) is 0 Å². The minimum absolute atomic E-state index is 0.382. The largest absolute Gasteiger partial charge is 0.465 e. The first-order valence-electron chi connectivity index (χ1n) is 13.9. The number of hydrogen-bond donors (Lipinski definition) is 2. The summed E-state index contributed by atoms with van der Waals surface area (Å²) in [6, 6.07) is 9.38. The first-order chi connectivity index (χ1) is 19.8. The minimum Gasteiger partial charge on any atom is -0.465 e. The summed E-state index contributed by atoms with van der Waals surface area (Å²) in [7, 11) is 2.12. The zero-order valence-corrected chi connectivity index (χ0v) is 24.6. The fourth-order valence-corrected chi connectivity index (χ4v) is 5.72. The lowest BCUT2D eigenvalue weighted by molar-refractivity contribution is 0.171. The molecule has 41 heavy (non-hydrogen) atoms. The fraction of sp³-hybridized carbons (Fsp3) is 0.448. The van der Waals surface area contributed by atoms with Crippen LogP contribution in [0.3, 0.4) is 0 Å². The van der Waals surface area contributed by atoms with Crippen molar-refractivity contribution in [2.45, 2.75) is 19.3 Å². The van der Waals surface area contributed by atoms with Crippen LogP contribution in [0.2, 0.25) is 10.0 Å². The smallest absolute Gasteiger partial charge is 0.404 e. The van der Waals surface area contributed by atoms with Crippen LogP contribution in [-0.2, 0) is 6.42 Å². The van der Waals surface area contributed by atoms with Crippen molar-refractivity contribution in [3.05, 3.63) is 58.3 Å². The van der Waals surface area contributed by atoms with Crippen LogP contribution < -0.4 is 15.0 Å². The van der Waals surface area contributed by atoms with E-state index in [4.69, 9.17) is 38.0 Å². The predicted octanol–water partition coefficient (Wildman–Crippen LogP) is 4.91. The fourth-order valence-electron chi connectivity index (χ4n) is 5.19. The van der Waals surface area contributed by atoms with Crippen molar-refractivity contribution in [2.75, 3.05) is 64.3 Å². The third-order valence-electron chi connectivity index (χ3n) is 7.61. The number of likely N-dealkylation sites (tertiary alicyclic amines) is 1. The van der Waals surface area contributed by atoms with E-state index < -0.39 is 6.09 Å². The number of pyridine rings is 1. The standard InChI is InChI=1S/C29H35Cl2N7O3/c1-36-8-10-38(11-9-36)28-32-18-25(19-33-28)41-27-13-21(12-26(35-27)22-14-23(30)16-24(31)15-22)4-7-37-5-2-20(3-6-37)17-34-29(39)40/h12-16,18-20,34H,2-11,17H2,1H3,(H,39,40). The van der Waals surface area contributed by atoms with E-state index in [1.54, 1.807) is 18.5 Å². The summed E-state index contributed by atoms with van der Waals surface area (Å²) in [6.45, 7) is 7.01. The molecule has 0 saturated carbocycles. The molecule has 2 aliphatic rings. The molecule has 4 heterocycles. The van der Waals surface area contributed by atoms with Crippen molar-refractivity contribution >= 4 is 35.2 Å². The molecule has 10 nitrogen and oxygen atoms in total. The predicted molar refractivity (Wildman–Crippen MR) is 160 cm³/mol. The number of nitrogens with zero attached hydrogens (tertiary/aromatic N) is 6. The van der Waals surface area contributed by atoms with E-state index in [-0.39, 0.29) is 0 Å². The molecule has 12 heteroatoms. The lowest BCUT2D eigenvalue weighted by atomic mass is 9.96. The van der Waals surface area contributed by atoms with E-state index in [0.29, 0.717) is 40.1 Å². The molecule has 0 bridgehead atoms. The number of ether oxygens (including phenoxy) is 1. The molecule has 2 N–H and O–H groups in total. The maximum atomic E-state index is 10.8. The number of likely N-dealkylation sites (N-methyl/N-ethyl adjacent to an activating group) is 1. The van der Waals surface area contributed by atoms with Crippen molar-refractivity contribution in [3.63, 3.8) is 0 Å². The van der Waals surface area contributed by atoms with Gasteiger partial charge in [-0.2, -0.15) is 0 Å². The second kappa shape index (κ2) is 13.7. The average molecular weight is 601 g/mol. The van der Waals surface area contributed by atoms with Crippen molar-refractivity contribution < 1.29 is 14.6 Å². The highest BCUT2D eigenvalue weighted by Gasteiger charge is 2.20. The van der Waals surface area contributed by atoms with Gasteiger partial charge in [-0.1, -0.05) is 23.2 Å². The Bertz CT molecular complexity index is 1310. The zero-order valence-electron chi connectivity index (χ0n) is 23.1. The highest BCUT2D eigenvalue weighted by atomic mass is 35.5. The maximum absolute atomic E-state index is 10.8. The highest BCUT2D eigenvalue weighted by molar-refractivity contribution is 6.35. The van der Waals surface area contributed by atoms with Gasteiger partial charge in [0.2, 0.25) is 11.8 Å². The average Bonchev–Trinajstić information content (AvgIpc) is 2.96. The maximum Gasteiger partial charge on any atom is 0.404 e. The van der Waals surface area contributed by atoms with Crippen molar-refractivity contribution in [3.8, 4) is 22.9 Å². The number of carboxylic acid groups (broad SMARTS) is 1. The molecule has 2 aliphatic heterocycles. The van der Waals surface area contributed by atoms with Gasteiger partial charge in [-0.3, -0.25) is 0 Å². The van der Waals surface area contributed by atoms with Crippen molar-refractivity contribution in [1.82, 2.24) is 30.1 Å². The quantitative estimate of drug-likeness (QED) is 0.354. The summed E-state index contributed by atoms with van der Waals surface area (Å²) in [4.78, 5) is 31.5. The zero-order chi connectivity index (χ0) is 28.8. The summed E-state index contributed by atoms with van der Waals surface area (Å²) >= 11 is 12.6. The van der Waals surface area contributed by atoms with Gasteiger partial charge in [-0.25, -0.2) is 19.7 Å². The number of anilines is 1. The Morgan fingerprint density at radius 2 is 1.68 bits per heavy atom. The van der Waals surface area contributed by atoms with Crippen LogP contribution in [0.25, 0.3) is 11.3 Å². The number of hydrogen-bond acceptors (Lipinski definition) is 8. The molecule has 2 fully saturated rings. The van der Waals surface area contributed by atoms with Crippen LogP contribution in [0, 0.1) is 5.92 Å². The Hall–Kier alpha value is -3.18. The van der Waals surface area contributed by atoms with E-state index in [1.807, 2.05) is 24.3 Å². The number of halogens is 2. The van der Waals surface area contributed by atoms with Gasteiger partial charge < -0.3 is 29.9 Å². The van der Waals surface area contributed by atoms with E-state index in [9.17, 15) is 4.79 Å². The first-order valence-corrected chi connectivity index (χ1v) is 14.7. The molecule has 0 atom stereocenters.